The van der Waals surface area contributed by atoms with Crippen LogP contribution in [-0.4, -0.2) is 92.5 Å². The van der Waals surface area contributed by atoms with E-state index < -0.39 is 61.9 Å². The predicted octanol–water partition coefficient (Wildman–Crippen LogP) is 1.58. The summed E-state index contributed by atoms with van der Waals surface area (Å²) in [4.78, 5) is 12.8. The second-order valence-corrected chi connectivity index (χ2v) is 9.54. The zero-order valence-electron chi connectivity index (χ0n) is 20.8. The molecular formula is C25H48O9. The van der Waals surface area contributed by atoms with E-state index in [-0.39, 0.29) is 6.42 Å². The van der Waals surface area contributed by atoms with Gasteiger partial charge in [0, 0.05) is 6.42 Å². The molecule has 202 valence electrons. The van der Waals surface area contributed by atoms with E-state index in [0.29, 0.717) is 6.42 Å². The van der Waals surface area contributed by atoms with Gasteiger partial charge in [0.2, 0.25) is 5.60 Å². The van der Waals surface area contributed by atoms with E-state index in [0.717, 1.165) is 25.7 Å². The Hall–Kier alpha value is -0.650. The van der Waals surface area contributed by atoms with Crippen LogP contribution in [0.3, 0.4) is 0 Å². The molecule has 1 aliphatic rings. The lowest BCUT2D eigenvalue weighted by molar-refractivity contribution is -0.332. The van der Waals surface area contributed by atoms with Crippen LogP contribution in [0.1, 0.15) is 96.8 Å². The lowest BCUT2D eigenvalue weighted by Gasteiger charge is -2.46. The largest absolute Gasteiger partial charge is 0.394 e. The van der Waals surface area contributed by atoms with Crippen LogP contribution in [-0.2, 0) is 14.3 Å². The Morgan fingerprint density at radius 1 is 0.912 bits per heavy atom. The fourth-order valence-corrected chi connectivity index (χ4v) is 4.31. The number of carbonyl (C=O) groups is 1. The van der Waals surface area contributed by atoms with Crippen molar-refractivity contribution < 1.29 is 44.9 Å². The van der Waals surface area contributed by atoms with Crippen LogP contribution >= 0.6 is 0 Å². The standard InChI is InChI=1S/C25H48O9/c1-2-3-4-5-6-7-8-9-10-11-12-13-14-15-21(29)25(32)23(31)22(30)20(17-27)34-24(25)33-18-19(28)16-26/h19-20,22-24,26-28,30-32H,2-18H2,1H3/t19?,20-,22+,23+,24?,25-/m1/s1. The van der Waals surface area contributed by atoms with E-state index in [1.54, 1.807) is 0 Å². The van der Waals surface area contributed by atoms with Crippen molar-refractivity contribution in [1.29, 1.82) is 0 Å². The third-order valence-electron chi connectivity index (χ3n) is 6.60. The molecule has 0 amide bonds. The maximum Gasteiger partial charge on any atom is 0.202 e. The van der Waals surface area contributed by atoms with Gasteiger partial charge in [-0.05, 0) is 6.42 Å². The van der Waals surface area contributed by atoms with Gasteiger partial charge >= 0.3 is 0 Å². The summed E-state index contributed by atoms with van der Waals surface area (Å²) >= 11 is 0. The van der Waals surface area contributed by atoms with Crippen molar-refractivity contribution in [3.05, 3.63) is 0 Å². The number of aliphatic hydroxyl groups is 6. The second-order valence-electron chi connectivity index (χ2n) is 9.54. The maximum atomic E-state index is 12.8. The van der Waals surface area contributed by atoms with Crippen LogP contribution in [0.2, 0.25) is 0 Å². The van der Waals surface area contributed by atoms with Crippen LogP contribution < -0.4 is 0 Å². The Labute approximate surface area is 204 Å². The number of carbonyl (C=O) groups excluding carboxylic acids is 1. The third-order valence-corrected chi connectivity index (χ3v) is 6.60. The molecule has 2 unspecified atom stereocenters. The normalized spacial score (nSPS) is 28.2. The van der Waals surface area contributed by atoms with Gasteiger partial charge in [0.1, 0.15) is 24.4 Å². The lowest BCUT2D eigenvalue weighted by Crippen LogP contribution is -2.70. The molecule has 9 heteroatoms. The Balaban J connectivity index is 2.38. The van der Waals surface area contributed by atoms with Crippen molar-refractivity contribution in [3.63, 3.8) is 0 Å². The minimum Gasteiger partial charge on any atom is -0.394 e. The number of hydrogen-bond donors (Lipinski definition) is 6. The van der Waals surface area contributed by atoms with E-state index in [2.05, 4.69) is 6.92 Å². The molecule has 34 heavy (non-hydrogen) atoms. The van der Waals surface area contributed by atoms with Crippen molar-refractivity contribution in [3.8, 4) is 0 Å². The highest BCUT2D eigenvalue weighted by Gasteiger charge is 2.59. The molecule has 0 bridgehead atoms. The molecule has 6 atom stereocenters. The summed E-state index contributed by atoms with van der Waals surface area (Å²) in [6.45, 7) is 0.494. The van der Waals surface area contributed by atoms with Crippen molar-refractivity contribution >= 4 is 5.78 Å². The number of Topliss-reactive ketones (excluding diaryl/α,β-unsaturated/α-hetero) is 1. The van der Waals surface area contributed by atoms with E-state index >= 15 is 0 Å². The Morgan fingerprint density at radius 3 is 1.88 bits per heavy atom. The summed E-state index contributed by atoms with van der Waals surface area (Å²) in [5.74, 6) is -0.734. The smallest absolute Gasteiger partial charge is 0.202 e. The Morgan fingerprint density at radius 2 is 1.41 bits per heavy atom. The lowest BCUT2D eigenvalue weighted by atomic mass is 9.81. The predicted molar refractivity (Wildman–Crippen MR) is 127 cm³/mol. The summed E-state index contributed by atoms with van der Waals surface area (Å²) < 4.78 is 10.6. The van der Waals surface area contributed by atoms with Gasteiger partial charge in [-0.3, -0.25) is 4.79 Å². The highest BCUT2D eigenvalue weighted by molar-refractivity contribution is 5.88. The molecule has 0 radical (unpaired) electrons. The molecule has 0 aromatic heterocycles. The number of ether oxygens (including phenoxy) is 2. The average molecular weight is 493 g/mol. The fourth-order valence-electron chi connectivity index (χ4n) is 4.31. The molecule has 0 saturated carbocycles. The third kappa shape index (κ3) is 10.1. The molecule has 0 aromatic carbocycles. The average Bonchev–Trinajstić information content (AvgIpc) is 2.84. The molecule has 0 spiro atoms. The molecule has 9 nitrogen and oxygen atoms in total. The zero-order valence-corrected chi connectivity index (χ0v) is 20.8. The first-order valence-electron chi connectivity index (χ1n) is 13.1. The number of unbranched alkanes of at least 4 members (excludes halogenated alkanes) is 12. The molecule has 6 N–H and O–H groups in total. The monoisotopic (exact) mass is 492 g/mol. The van der Waals surface area contributed by atoms with Gasteiger partial charge in [-0.25, -0.2) is 0 Å². The van der Waals surface area contributed by atoms with Crippen molar-refractivity contribution in [1.82, 2.24) is 0 Å². The molecule has 1 fully saturated rings. The van der Waals surface area contributed by atoms with E-state index in [4.69, 9.17) is 14.6 Å². The van der Waals surface area contributed by atoms with E-state index in [9.17, 15) is 30.3 Å². The Bertz CT molecular complexity index is 533. The fraction of sp³-hybridized carbons (Fsp3) is 0.960. The SMILES string of the molecule is CCCCCCCCCCCCCCCC(=O)[C@]1(O)C(OCC(O)CO)O[C@H](CO)[C@H](O)[C@@H]1O. The molecule has 1 aliphatic heterocycles. The molecule has 0 aliphatic carbocycles. The molecule has 1 heterocycles. The molecule has 0 aromatic rings. The number of ketones is 1. The number of hydrogen-bond acceptors (Lipinski definition) is 9. The van der Waals surface area contributed by atoms with E-state index in [1.165, 1.54) is 51.4 Å². The topological polar surface area (TPSA) is 157 Å². The highest BCUT2D eigenvalue weighted by atomic mass is 16.7. The minimum atomic E-state index is -2.54. The first-order valence-corrected chi connectivity index (χ1v) is 13.1. The first-order chi connectivity index (χ1) is 16.3. The van der Waals surface area contributed by atoms with Gasteiger partial charge in [-0.2, -0.15) is 0 Å². The highest BCUT2D eigenvalue weighted by Crippen LogP contribution is 2.33. The summed E-state index contributed by atoms with van der Waals surface area (Å²) in [6.07, 6.45) is 7.01. The summed E-state index contributed by atoms with van der Waals surface area (Å²) in [5, 5.41) is 59.4. The van der Waals surface area contributed by atoms with Gasteiger partial charge in [-0.1, -0.05) is 84.0 Å². The first kappa shape index (κ1) is 31.4. The Kier molecular flexibility index (Phi) is 16.4. The zero-order chi connectivity index (χ0) is 25.4. The molecular weight excluding hydrogens is 444 g/mol. The maximum absolute atomic E-state index is 12.8. The van der Waals surface area contributed by atoms with Gasteiger partial charge in [-0.15, -0.1) is 0 Å². The van der Waals surface area contributed by atoms with Gasteiger partial charge in [0.15, 0.2) is 12.1 Å². The van der Waals surface area contributed by atoms with Crippen molar-refractivity contribution in [2.24, 2.45) is 0 Å². The summed E-state index contributed by atoms with van der Waals surface area (Å²) in [7, 11) is 0. The van der Waals surface area contributed by atoms with Crippen molar-refractivity contribution in [2.45, 2.75) is 133 Å². The van der Waals surface area contributed by atoms with Crippen LogP contribution in [0.25, 0.3) is 0 Å². The van der Waals surface area contributed by atoms with Crippen LogP contribution in [0.15, 0.2) is 0 Å². The molecule has 1 saturated heterocycles. The van der Waals surface area contributed by atoms with Crippen LogP contribution in [0.5, 0.6) is 0 Å². The van der Waals surface area contributed by atoms with Gasteiger partial charge in [0.25, 0.3) is 0 Å². The summed E-state index contributed by atoms with van der Waals surface area (Å²) in [6, 6.07) is 0. The minimum absolute atomic E-state index is 0.0341. The quantitative estimate of drug-likeness (QED) is 0.139. The number of aliphatic hydroxyl groups excluding tert-OH is 5. The van der Waals surface area contributed by atoms with Crippen LogP contribution in [0, 0.1) is 0 Å². The second kappa shape index (κ2) is 17.7. The van der Waals surface area contributed by atoms with Crippen molar-refractivity contribution in [2.75, 3.05) is 19.8 Å². The van der Waals surface area contributed by atoms with Crippen LogP contribution in [0.4, 0.5) is 0 Å². The van der Waals surface area contributed by atoms with E-state index in [1.807, 2.05) is 0 Å². The molecule has 1 rings (SSSR count). The van der Waals surface area contributed by atoms with Gasteiger partial charge in [0.05, 0.1) is 19.8 Å². The summed E-state index contributed by atoms with van der Waals surface area (Å²) in [5.41, 5.74) is -2.54. The number of rotatable bonds is 20. The van der Waals surface area contributed by atoms with Gasteiger partial charge < -0.3 is 40.1 Å².